The minimum atomic E-state index is -1.22. The predicted molar refractivity (Wildman–Crippen MR) is 61.5 cm³/mol. The van der Waals surface area contributed by atoms with Crippen molar-refractivity contribution in [2.45, 2.75) is 6.42 Å². The van der Waals surface area contributed by atoms with E-state index in [-0.39, 0.29) is 17.4 Å². The molecule has 0 radical (unpaired) electrons. The maximum atomic E-state index is 12.1. The van der Waals surface area contributed by atoms with Gasteiger partial charge in [0.1, 0.15) is 0 Å². The van der Waals surface area contributed by atoms with Gasteiger partial charge in [-0.15, -0.1) is 0 Å². The fraction of sp³-hybridized carbons (Fsp3) is 0.545. The number of hydrogen-bond donors (Lipinski definition) is 1. The fourth-order valence-electron chi connectivity index (χ4n) is 1.89. The molecule has 1 aliphatic rings. The van der Waals surface area contributed by atoms with Gasteiger partial charge in [0, 0.05) is 25.7 Å². The van der Waals surface area contributed by atoms with Crippen molar-refractivity contribution < 1.29 is 19.2 Å². The van der Waals surface area contributed by atoms with Crippen LogP contribution < -0.4 is 0 Å². The molecule has 1 N–H and O–H groups in total. The molecule has 18 heavy (non-hydrogen) atoms. The van der Waals surface area contributed by atoms with Crippen LogP contribution >= 0.6 is 0 Å². The molecule has 98 valence electrons. The van der Waals surface area contributed by atoms with Crippen LogP contribution in [0.4, 0.5) is 0 Å². The van der Waals surface area contributed by atoms with Crippen LogP contribution in [0.1, 0.15) is 27.5 Å². The summed E-state index contributed by atoms with van der Waals surface area (Å²) in [6.45, 7) is 3.02. The summed E-state index contributed by atoms with van der Waals surface area (Å²) < 4.78 is 4.58. The van der Waals surface area contributed by atoms with Gasteiger partial charge in [-0.2, -0.15) is 0 Å². The van der Waals surface area contributed by atoms with Crippen molar-refractivity contribution in [2.24, 2.45) is 0 Å². The zero-order valence-electron chi connectivity index (χ0n) is 10.1. The fourth-order valence-corrected chi connectivity index (χ4v) is 1.89. The second kappa shape index (κ2) is 5.18. The van der Waals surface area contributed by atoms with Crippen molar-refractivity contribution in [3.63, 3.8) is 0 Å². The number of hydrogen-bond acceptors (Lipinski definition) is 5. The standard InChI is InChI=1S/C11H15N3O4/c1-13-3-2-4-14(6-5-13)10(15)8-7-9(11(16)17)18-12-8/h7H,2-6H2,1H3,(H,16,17). The van der Waals surface area contributed by atoms with Crippen molar-refractivity contribution in [1.29, 1.82) is 0 Å². The van der Waals surface area contributed by atoms with Gasteiger partial charge in [0.25, 0.3) is 5.91 Å². The van der Waals surface area contributed by atoms with E-state index in [1.165, 1.54) is 6.07 Å². The number of carbonyl (C=O) groups excluding carboxylic acids is 1. The number of aromatic carboxylic acids is 1. The number of carboxylic acid groups (broad SMARTS) is 1. The van der Waals surface area contributed by atoms with E-state index in [4.69, 9.17) is 5.11 Å². The summed E-state index contributed by atoms with van der Waals surface area (Å²) >= 11 is 0. The van der Waals surface area contributed by atoms with E-state index in [9.17, 15) is 9.59 Å². The lowest BCUT2D eigenvalue weighted by atomic mass is 10.3. The molecule has 2 heterocycles. The van der Waals surface area contributed by atoms with Crippen LogP contribution in [0.3, 0.4) is 0 Å². The van der Waals surface area contributed by atoms with Gasteiger partial charge >= 0.3 is 5.97 Å². The quantitative estimate of drug-likeness (QED) is 0.807. The number of rotatable bonds is 2. The molecule has 1 aromatic rings. The summed E-state index contributed by atoms with van der Waals surface area (Å²) in [6.07, 6.45) is 0.895. The summed E-state index contributed by atoms with van der Waals surface area (Å²) in [4.78, 5) is 26.6. The van der Waals surface area contributed by atoms with Gasteiger partial charge in [0.2, 0.25) is 5.76 Å². The van der Waals surface area contributed by atoms with Crippen molar-refractivity contribution in [1.82, 2.24) is 15.0 Å². The van der Waals surface area contributed by atoms with Crippen LogP contribution in [0.15, 0.2) is 10.6 Å². The van der Waals surface area contributed by atoms with E-state index < -0.39 is 5.97 Å². The van der Waals surface area contributed by atoms with E-state index >= 15 is 0 Å². The molecular formula is C11H15N3O4. The van der Waals surface area contributed by atoms with E-state index in [0.29, 0.717) is 13.1 Å². The average molecular weight is 253 g/mol. The van der Waals surface area contributed by atoms with Crippen molar-refractivity contribution >= 4 is 11.9 Å². The number of likely N-dealkylation sites (N-methyl/N-ethyl adjacent to an activating group) is 1. The Kier molecular flexibility index (Phi) is 3.61. The highest BCUT2D eigenvalue weighted by atomic mass is 16.5. The van der Waals surface area contributed by atoms with Crippen LogP contribution in [-0.2, 0) is 0 Å². The molecule has 1 fully saturated rings. The lowest BCUT2D eigenvalue weighted by molar-refractivity contribution is 0.0648. The van der Waals surface area contributed by atoms with Gasteiger partial charge in [-0.25, -0.2) is 4.79 Å². The van der Waals surface area contributed by atoms with Crippen LogP contribution in [0, 0.1) is 0 Å². The Hall–Kier alpha value is -1.89. The Morgan fingerprint density at radius 3 is 2.78 bits per heavy atom. The largest absolute Gasteiger partial charge is 0.475 e. The molecular weight excluding hydrogens is 238 g/mol. The lowest BCUT2D eigenvalue weighted by Crippen LogP contribution is -2.34. The minimum absolute atomic E-state index is 0.0527. The molecule has 0 unspecified atom stereocenters. The lowest BCUT2D eigenvalue weighted by Gasteiger charge is -2.18. The maximum Gasteiger partial charge on any atom is 0.374 e. The maximum absolute atomic E-state index is 12.1. The first-order chi connectivity index (χ1) is 8.58. The average Bonchev–Trinajstić information content (AvgIpc) is 2.73. The molecule has 0 bridgehead atoms. The highest BCUT2D eigenvalue weighted by Gasteiger charge is 2.23. The van der Waals surface area contributed by atoms with Gasteiger partial charge in [-0.1, -0.05) is 5.16 Å². The van der Waals surface area contributed by atoms with Crippen molar-refractivity contribution in [3.8, 4) is 0 Å². The Bertz CT molecular complexity index is 457. The SMILES string of the molecule is CN1CCCN(C(=O)c2cc(C(=O)O)on2)CC1. The van der Waals surface area contributed by atoms with Crippen LogP contribution in [0.25, 0.3) is 0 Å². The summed E-state index contributed by atoms with van der Waals surface area (Å²) in [5.74, 6) is -1.82. The second-order valence-electron chi connectivity index (χ2n) is 4.33. The van der Waals surface area contributed by atoms with Gasteiger partial charge in [0.15, 0.2) is 5.69 Å². The summed E-state index contributed by atoms with van der Waals surface area (Å²) in [5, 5.41) is 12.2. The first-order valence-corrected chi connectivity index (χ1v) is 5.76. The molecule has 0 saturated carbocycles. The second-order valence-corrected chi connectivity index (χ2v) is 4.33. The number of amides is 1. The number of aromatic nitrogens is 1. The molecule has 0 spiro atoms. The van der Waals surface area contributed by atoms with Gasteiger partial charge in [0.05, 0.1) is 0 Å². The zero-order chi connectivity index (χ0) is 13.1. The van der Waals surface area contributed by atoms with Crippen LogP contribution in [-0.4, -0.2) is 65.2 Å². The van der Waals surface area contributed by atoms with Gasteiger partial charge < -0.3 is 19.4 Å². The Balaban J connectivity index is 2.07. The highest BCUT2D eigenvalue weighted by Crippen LogP contribution is 2.09. The molecule has 7 heteroatoms. The van der Waals surface area contributed by atoms with E-state index in [0.717, 1.165) is 19.5 Å². The molecule has 0 atom stereocenters. The molecule has 1 aliphatic heterocycles. The molecule has 1 aromatic heterocycles. The van der Waals surface area contributed by atoms with Gasteiger partial charge in [-0.3, -0.25) is 4.79 Å². The van der Waals surface area contributed by atoms with Gasteiger partial charge in [-0.05, 0) is 20.0 Å². The topological polar surface area (TPSA) is 86.9 Å². The summed E-state index contributed by atoms with van der Waals surface area (Å²) in [5.41, 5.74) is 0.0527. The third kappa shape index (κ3) is 2.67. The van der Waals surface area contributed by atoms with Crippen LogP contribution in [0.5, 0.6) is 0 Å². The number of carboxylic acids is 1. The molecule has 7 nitrogen and oxygen atoms in total. The molecule has 1 saturated heterocycles. The number of nitrogens with zero attached hydrogens (tertiary/aromatic N) is 3. The normalized spacial score (nSPS) is 17.5. The zero-order valence-corrected chi connectivity index (χ0v) is 10.1. The third-order valence-corrected chi connectivity index (χ3v) is 2.95. The Labute approximate surface area is 104 Å². The molecule has 2 rings (SSSR count). The molecule has 0 aliphatic carbocycles. The third-order valence-electron chi connectivity index (χ3n) is 2.95. The van der Waals surface area contributed by atoms with E-state index in [1.54, 1.807) is 4.90 Å². The Morgan fingerprint density at radius 2 is 2.11 bits per heavy atom. The highest BCUT2D eigenvalue weighted by molar-refractivity contribution is 5.94. The smallest absolute Gasteiger partial charge is 0.374 e. The monoisotopic (exact) mass is 253 g/mol. The first-order valence-electron chi connectivity index (χ1n) is 5.76. The number of carbonyl (C=O) groups is 2. The van der Waals surface area contributed by atoms with E-state index in [2.05, 4.69) is 14.6 Å². The van der Waals surface area contributed by atoms with Crippen LogP contribution in [0.2, 0.25) is 0 Å². The van der Waals surface area contributed by atoms with Crippen molar-refractivity contribution in [3.05, 3.63) is 17.5 Å². The molecule has 1 amide bonds. The van der Waals surface area contributed by atoms with Crippen molar-refractivity contribution in [2.75, 3.05) is 33.2 Å². The first kappa shape index (κ1) is 12.6. The minimum Gasteiger partial charge on any atom is -0.475 e. The Morgan fingerprint density at radius 1 is 1.33 bits per heavy atom. The molecule has 0 aromatic carbocycles. The summed E-state index contributed by atoms with van der Waals surface area (Å²) in [6, 6.07) is 1.17. The van der Waals surface area contributed by atoms with E-state index in [1.807, 2.05) is 7.05 Å². The summed E-state index contributed by atoms with van der Waals surface area (Å²) in [7, 11) is 2.01. The predicted octanol–water partition coefficient (Wildman–Crippen LogP) is 0.150.